The monoisotopic (exact) mass is 346 g/mol. The van der Waals surface area contributed by atoms with Gasteiger partial charge in [0.1, 0.15) is 5.69 Å². The molecule has 0 unspecified atom stereocenters. The lowest BCUT2D eigenvalue weighted by Gasteiger charge is -2.10. The molecule has 0 aliphatic rings. The molecule has 130 valence electrons. The molecule has 1 aromatic heterocycles. The molecule has 6 heteroatoms. The Labute approximate surface area is 151 Å². The Balaban J connectivity index is 1.81. The van der Waals surface area contributed by atoms with E-state index in [0.29, 0.717) is 16.9 Å². The highest BCUT2D eigenvalue weighted by molar-refractivity contribution is 6.03. The van der Waals surface area contributed by atoms with Crippen molar-refractivity contribution < 1.29 is 9.59 Å². The average Bonchev–Trinajstić information content (AvgIpc) is 2.68. The van der Waals surface area contributed by atoms with Crippen LogP contribution in [0.3, 0.4) is 0 Å². The first-order chi connectivity index (χ1) is 12.5. The number of carbonyl (C=O) groups excluding carboxylic acids is 2. The molecular weight excluding hydrogens is 328 g/mol. The molecule has 0 radical (unpaired) electrons. The number of carbonyl (C=O) groups is 2. The number of nitrogens with one attached hydrogen (secondary N) is 1. The van der Waals surface area contributed by atoms with Gasteiger partial charge in [-0.2, -0.15) is 0 Å². The molecule has 0 fully saturated rings. The normalized spacial score (nSPS) is 10.2. The zero-order valence-electron chi connectivity index (χ0n) is 14.5. The SMILES string of the molecule is CN(C)C(=O)c1ccc(-c2cncc(C(=O)Nc3ccccc3)n2)cc1. The highest BCUT2D eigenvalue weighted by atomic mass is 16.2. The number of benzene rings is 2. The molecule has 0 spiro atoms. The third kappa shape index (κ3) is 3.92. The van der Waals surface area contributed by atoms with Crippen LogP contribution in [0.2, 0.25) is 0 Å². The largest absolute Gasteiger partial charge is 0.345 e. The van der Waals surface area contributed by atoms with Crippen LogP contribution in [0.4, 0.5) is 5.69 Å². The van der Waals surface area contributed by atoms with Crippen LogP contribution in [0.1, 0.15) is 20.8 Å². The summed E-state index contributed by atoms with van der Waals surface area (Å²) in [6, 6.07) is 16.2. The van der Waals surface area contributed by atoms with Gasteiger partial charge >= 0.3 is 0 Å². The van der Waals surface area contributed by atoms with Gasteiger partial charge in [0.2, 0.25) is 0 Å². The smallest absolute Gasteiger partial charge is 0.275 e. The van der Waals surface area contributed by atoms with Crippen LogP contribution in [0.25, 0.3) is 11.3 Å². The Bertz CT molecular complexity index is 922. The fraction of sp³-hybridized carbons (Fsp3) is 0.100. The van der Waals surface area contributed by atoms with Gasteiger partial charge in [-0.3, -0.25) is 14.6 Å². The third-order valence-corrected chi connectivity index (χ3v) is 3.73. The first kappa shape index (κ1) is 17.3. The van der Waals surface area contributed by atoms with Gasteiger partial charge in [0.15, 0.2) is 0 Å². The first-order valence-corrected chi connectivity index (χ1v) is 8.05. The Morgan fingerprint density at radius 3 is 2.27 bits per heavy atom. The molecule has 0 saturated heterocycles. The van der Waals surface area contributed by atoms with Gasteiger partial charge in [-0.1, -0.05) is 30.3 Å². The first-order valence-electron chi connectivity index (χ1n) is 8.05. The summed E-state index contributed by atoms with van der Waals surface area (Å²) in [4.78, 5) is 34.3. The summed E-state index contributed by atoms with van der Waals surface area (Å²) in [5.74, 6) is -0.399. The fourth-order valence-electron chi connectivity index (χ4n) is 2.37. The van der Waals surface area contributed by atoms with Crippen LogP contribution < -0.4 is 5.32 Å². The zero-order valence-corrected chi connectivity index (χ0v) is 14.5. The molecule has 3 rings (SSSR count). The number of amides is 2. The Morgan fingerprint density at radius 1 is 0.923 bits per heavy atom. The van der Waals surface area contributed by atoms with E-state index in [1.165, 1.54) is 11.1 Å². The molecule has 0 aliphatic heterocycles. The molecule has 1 N–H and O–H groups in total. The molecule has 0 aliphatic carbocycles. The van der Waals surface area contributed by atoms with E-state index in [0.717, 1.165) is 5.56 Å². The van der Waals surface area contributed by atoms with Crippen LogP contribution in [0.15, 0.2) is 67.0 Å². The summed E-state index contributed by atoms with van der Waals surface area (Å²) < 4.78 is 0. The molecule has 2 aromatic carbocycles. The van der Waals surface area contributed by atoms with Crippen molar-refractivity contribution in [3.05, 3.63) is 78.2 Å². The van der Waals surface area contributed by atoms with Crippen molar-refractivity contribution >= 4 is 17.5 Å². The lowest BCUT2D eigenvalue weighted by atomic mass is 10.1. The van der Waals surface area contributed by atoms with E-state index in [4.69, 9.17) is 0 Å². The van der Waals surface area contributed by atoms with Crippen molar-refractivity contribution in [2.75, 3.05) is 19.4 Å². The van der Waals surface area contributed by atoms with Crippen LogP contribution >= 0.6 is 0 Å². The van der Waals surface area contributed by atoms with Crippen molar-refractivity contribution in [1.82, 2.24) is 14.9 Å². The van der Waals surface area contributed by atoms with Gasteiger partial charge < -0.3 is 10.2 Å². The van der Waals surface area contributed by atoms with Gasteiger partial charge in [0.25, 0.3) is 11.8 Å². The number of hydrogen-bond donors (Lipinski definition) is 1. The van der Waals surface area contributed by atoms with Crippen molar-refractivity contribution in [3.8, 4) is 11.3 Å². The molecule has 2 amide bonds. The third-order valence-electron chi connectivity index (χ3n) is 3.73. The molecule has 0 saturated carbocycles. The van der Waals surface area contributed by atoms with Crippen LogP contribution in [0.5, 0.6) is 0 Å². The Morgan fingerprint density at radius 2 is 1.62 bits per heavy atom. The number of nitrogens with zero attached hydrogens (tertiary/aromatic N) is 3. The molecule has 6 nitrogen and oxygen atoms in total. The average molecular weight is 346 g/mol. The van der Waals surface area contributed by atoms with E-state index in [2.05, 4.69) is 15.3 Å². The Hall–Kier alpha value is -3.54. The van der Waals surface area contributed by atoms with E-state index in [-0.39, 0.29) is 17.5 Å². The molecule has 1 heterocycles. The summed E-state index contributed by atoms with van der Waals surface area (Å²) in [6.07, 6.45) is 3.01. The predicted octanol–water partition coefficient (Wildman–Crippen LogP) is 3.10. The minimum atomic E-state index is -0.329. The molecule has 0 bridgehead atoms. The summed E-state index contributed by atoms with van der Waals surface area (Å²) >= 11 is 0. The lowest BCUT2D eigenvalue weighted by Crippen LogP contribution is -2.21. The second-order valence-electron chi connectivity index (χ2n) is 5.89. The van der Waals surface area contributed by atoms with E-state index in [1.807, 2.05) is 18.2 Å². The zero-order chi connectivity index (χ0) is 18.5. The van der Waals surface area contributed by atoms with Crippen molar-refractivity contribution in [2.24, 2.45) is 0 Å². The van der Waals surface area contributed by atoms with Crippen LogP contribution in [-0.2, 0) is 0 Å². The summed E-state index contributed by atoms with van der Waals surface area (Å²) in [7, 11) is 3.41. The second-order valence-corrected chi connectivity index (χ2v) is 5.89. The van der Waals surface area contributed by atoms with Gasteiger partial charge in [0, 0.05) is 30.9 Å². The van der Waals surface area contributed by atoms with Gasteiger partial charge in [0.05, 0.1) is 18.1 Å². The van der Waals surface area contributed by atoms with Crippen LogP contribution in [0, 0.1) is 0 Å². The highest BCUT2D eigenvalue weighted by Gasteiger charge is 2.12. The van der Waals surface area contributed by atoms with Crippen molar-refractivity contribution in [1.29, 1.82) is 0 Å². The number of para-hydroxylation sites is 1. The van der Waals surface area contributed by atoms with Gasteiger partial charge in [-0.25, -0.2) is 4.98 Å². The topological polar surface area (TPSA) is 75.2 Å². The molecule has 26 heavy (non-hydrogen) atoms. The number of hydrogen-bond acceptors (Lipinski definition) is 4. The van der Waals surface area contributed by atoms with Crippen molar-refractivity contribution in [2.45, 2.75) is 0 Å². The molecule has 3 aromatic rings. The predicted molar refractivity (Wildman–Crippen MR) is 99.9 cm³/mol. The van der Waals surface area contributed by atoms with E-state index in [1.54, 1.807) is 56.7 Å². The number of aromatic nitrogens is 2. The second kappa shape index (κ2) is 7.57. The summed E-state index contributed by atoms with van der Waals surface area (Å²) in [5, 5.41) is 2.78. The number of anilines is 1. The van der Waals surface area contributed by atoms with Crippen molar-refractivity contribution in [3.63, 3.8) is 0 Å². The van der Waals surface area contributed by atoms with Gasteiger partial charge in [-0.15, -0.1) is 0 Å². The van der Waals surface area contributed by atoms with Gasteiger partial charge in [-0.05, 0) is 24.3 Å². The minimum absolute atomic E-state index is 0.0707. The fourth-order valence-corrected chi connectivity index (χ4v) is 2.37. The maximum Gasteiger partial charge on any atom is 0.275 e. The molecule has 0 atom stereocenters. The van der Waals surface area contributed by atoms with E-state index in [9.17, 15) is 9.59 Å². The minimum Gasteiger partial charge on any atom is -0.345 e. The Kier molecular flexibility index (Phi) is 5.03. The maximum atomic E-state index is 12.4. The van der Waals surface area contributed by atoms with E-state index >= 15 is 0 Å². The maximum absolute atomic E-state index is 12.4. The molecular formula is C20H18N4O2. The van der Waals surface area contributed by atoms with E-state index < -0.39 is 0 Å². The quantitative estimate of drug-likeness (QED) is 0.788. The summed E-state index contributed by atoms with van der Waals surface area (Å²) in [6.45, 7) is 0. The lowest BCUT2D eigenvalue weighted by molar-refractivity contribution is 0.0827. The number of rotatable bonds is 4. The standard InChI is InChI=1S/C20H18N4O2/c1-24(2)20(26)15-10-8-14(9-11-15)17-12-21-13-18(23-17)19(25)22-16-6-4-3-5-7-16/h3-13H,1-2H3,(H,22,25). The summed E-state index contributed by atoms with van der Waals surface area (Å²) in [5.41, 5.74) is 2.84. The highest BCUT2D eigenvalue weighted by Crippen LogP contribution is 2.18. The van der Waals surface area contributed by atoms with Crippen LogP contribution in [-0.4, -0.2) is 40.8 Å².